The fourth-order valence-corrected chi connectivity index (χ4v) is 2.37. The lowest BCUT2D eigenvalue weighted by Crippen LogP contribution is -2.07. The van der Waals surface area contributed by atoms with Crippen molar-refractivity contribution in [1.82, 2.24) is 0 Å². The minimum absolute atomic E-state index is 0.282. The van der Waals surface area contributed by atoms with Crippen molar-refractivity contribution in [3.05, 3.63) is 58.6 Å². The monoisotopic (exact) mass is 341 g/mol. The van der Waals surface area contributed by atoms with Crippen LogP contribution in [-0.4, -0.2) is 20.1 Å². The third-order valence-corrected chi connectivity index (χ3v) is 3.46. The van der Waals surface area contributed by atoms with Crippen molar-refractivity contribution >= 4 is 29.3 Å². The van der Waals surface area contributed by atoms with Crippen LogP contribution in [0.5, 0.6) is 11.5 Å². The Morgan fingerprint density at radius 2 is 2.04 bits per heavy atom. The van der Waals surface area contributed by atoms with Gasteiger partial charge in [-0.1, -0.05) is 23.6 Å². The van der Waals surface area contributed by atoms with Gasteiger partial charge in [-0.2, -0.15) is 0 Å². The van der Waals surface area contributed by atoms with Gasteiger partial charge < -0.3 is 14.8 Å². The maximum absolute atomic E-state index is 12.0. The molecule has 0 bridgehead atoms. The molecule has 122 valence electrons. The third-order valence-electron chi connectivity index (χ3n) is 3.18. The molecule has 0 aliphatic rings. The third kappa shape index (κ3) is 4.31. The molecule has 1 amide bonds. The Balaban J connectivity index is 2.14. The molecule has 0 atom stereocenters. The van der Waals surface area contributed by atoms with E-state index in [-0.39, 0.29) is 5.91 Å². The lowest BCUT2D eigenvalue weighted by Gasteiger charge is -2.10. The first kappa shape index (κ1) is 17.5. The Morgan fingerprint density at radius 1 is 1.25 bits per heavy atom. The van der Waals surface area contributed by atoms with Crippen molar-refractivity contribution in [2.75, 3.05) is 19.5 Å². The summed E-state index contributed by atoms with van der Waals surface area (Å²) in [4.78, 5) is 12.0. The number of hydrogen-bond acceptors (Lipinski definition) is 3. The molecule has 4 nitrogen and oxygen atoms in total. The zero-order valence-electron chi connectivity index (χ0n) is 13.3. The molecule has 0 saturated carbocycles. The second-order valence-corrected chi connectivity index (χ2v) is 5.19. The molecule has 5 heteroatoms. The summed E-state index contributed by atoms with van der Waals surface area (Å²) < 4.78 is 10.4. The summed E-state index contributed by atoms with van der Waals surface area (Å²) in [6.07, 6.45) is 8.37. The molecule has 2 aromatic carbocycles. The SMILES string of the molecule is C#Cc1cccc(NC(=O)/C=C\c2cc(Cl)c(OC)c(OC)c2)c1. The van der Waals surface area contributed by atoms with Gasteiger partial charge in [0.25, 0.3) is 0 Å². The molecule has 0 unspecified atom stereocenters. The molecule has 0 fully saturated rings. The van der Waals surface area contributed by atoms with Crippen molar-refractivity contribution in [3.63, 3.8) is 0 Å². The van der Waals surface area contributed by atoms with E-state index in [1.54, 1.807) is 42.5 Å². The predicted octanol–water partition coefficient (Wildman–Crippen LogP) is 3.99. The van der Waals surface area contributed by atoms with Gasteiger partial charge in [0.2, 0.25) is 5.91 Å². The lowest BCUT2D eigenvalue weighted by molar-refractivity contribution is -0.111. The second kappa shape index (κ2) is 8.09. The Bertz CT molecular complexity index is 822. The van der Waals surface area contributed by atoms with Crippen LogP contribution in [0.1, 0.15) is 11.1 Å². The van der Waals surface area contributed by atoms with E-state index in [2.05, 4.69) is 11.2 Å². The van der Waals surface area contributed by atoms with Crippen molar-refractivity contribution in [3.8, 4) is 23.8 Å². The van der Waals surface area contributed by atoms with E-state index in [1.807, 2.05) is 0 Å². The molecule has 0 aliphatic heterocycles. The van der Waals surface area contributed by atoms with Gasteiger partial charge in [-0.05, 0) is 42.0 Å². The number of halogens is 1. The zero-order chi connectivity index (χ0) is 17.5. The first-order valence-electron chi connectivity index (χ1n) is 7.04. The van der Waals surface area contributed by atoms with E-state index in [0.717, 1.165) is 0 Å². The number of nitrogens with one attached hydrogen (secondary N) is 1. The van der Waals surface area contributed by atoms with E-state index >= 15 is 0 Å². The maximum Gasteiger partial charge on any atom is 0.248 e. The van der Waals surface area contributed by atoms with E-state index < -0.39 is 0 Å². The van der Waals surface area contributed by atoms with Crippen molar-refractivity contribution in [2.24, 2.45) is 0 Å². The summed E-state index contributed by atoms with van der Waals surface area (Å²) in [6, 6.07) is 10.5. The molecule has 2 aromatic rings. The topological polar surface area (TPSA) is 47.6 Å². The average Bonchev–Trinajstić information content (AvgIpc) is 2.59. The van der Waals surface area contributed by atoms with Gasteiger partial charge in [0.05, 0.1) is 19.2 Å². The fraction of sp³-hybridized carbons (Fsp3) is 0.105. The Hall–Kier alpha value is -2.90. The minimum atomic E-state index is -0.282. The minimum Gasteiger partial charge on any atom is -0.493 e. The van der Waals surface area contributed by atoms with E-state index in [9.17, 15) is 4.79 Å². The van der Waals surface area contributed by atoms with Gasteiger partial charge in [0.1, 0.15) is 0 Å². The number of anilines is 1. The summed E-state index contributed by atoms with van der Waals surface area (Å²) in [7, 11) is 3.03. The summed E-state index contributed by atoms with van der Waals surface area (Å²) in [6.45, 7) is 0. The van der Waals surface area contributed by atoms with Gasteiger partial charge in [-0.3, -0.25) is 4.79 Å². The molecule has 0 aliphatic carbocycles. The Morgan fingerprint density at radius 3 is 2.71 bits per heavy atom. The van der Waals surface area contributed by atoms with Crippen molar-refractivity contribution in [2.45, 2.75) is 0 Å². The maximum atomic E-state index is 12.0. The van der Waals surface area contributed by atoms with Crippen molar-refractivity contribution < 1.29 is 14.3 Å². The number of rotatable bonds is 5. The Labute approximate surface area is 146 Å². The van der Waals surface area contributed by atoms with Crippen LogP contribution in [0.25, 0.3) is 6.08 Å². The number of terminal acetylenes is 1. The van der Waals surface area contributed by atoms with Crippen LogP contribution in [0, 0.1) is 12.3 Å². The number of hydrogen-bond donors (Lipinski definition) is 1. The highest BCUT2D eigenvalue weighted by Gasteiger charge is 2.09. The number of amides is 1. The molecular weight excluding hydrogens is 326 g/mol. The number of carbonyl (C=O) groups is 1. The molecule has 1 N–H and O–H groups in total. The normalized spacial score (nSPS) is 10.2. The van der Waals surface area contributed by atoms with Crippen LogP contribution in [0.15, 0.2) is 42.5 Å². The summed E-state index contributed by atoms with van der Waals surface area (Å²) >= 11 is 6.13. The van der Waals surface area contributed by atoms with Gasteiger partial charge in [-0.25, -0.2) is 0 Å². The van der Waals surface area contributed by atoms with Gasteiger partial charge in [0, 0.05) is 17.3 Å². The molecule has 0 saturated heterocycles. The van der Waals surface area contributed by atoms with E-state index in [0.29, 0.717) is 33.3 Å². The molecule has 0 radical (unpaired) electrons. The lowest BCUT2D eigenvalue weighted by atomic mass is 10.1. The fourth-order valence-electron chi connectivity index (χ4n) is 2.08. The highest BCUT2D eigenvalue weighted by Crippen LogP contribution is 2.36. The van der Waals surface area contributed by atoms with Gasteiger partial charge in [0.15, 0.2) is 11.5 Å². The Kier molecular flexibility index (Phi) is 5.89. The molecule has 24 heavy (non-hydrogen) atoms. The van der Waals surface area contributed by atoms with Gasteiger partial charge in [-0.15, -0.1) is 6.42 Å². The van der Waals surface area contributed by atoms with Crippen LogP contribution < -0.4 is 14.8 Å². The average molecular weight is 342 g/mol. The first-order chi connectivity index (χ1) is 11.6. The number of ether oxygens (including phenoxy) is 2. The summed E-state index contributed by atoms with van der Waals surface area (Å²) in [5, 5.41) is 3.14. The van der Waals surface area contributed by atoms with E-state index in [4.69, 9.17) is 27.5 Å². The standard InChI is InChI=1S/C19H16ClNO3/c1-4-13-6-5-7-15(10-13)21-18(22)9-8-14-11-16(20)19(24-3)17(12-14)23-2/h1,5-12H,2-3H3,(H,21,22)/b9-8-. The quantitative estimate of drug-likeness (QED) is 0.660. The molecule has 0 spiro atoms. The molecular formula is C19H16ClNO3. The number of carbonyl (C=O) groups excluding carboxylic acids is 1. The van der Waals surface area contributed by atoms with E-state index in [1.165, 1.54) is 20.3 Å². The van der Waals surface area contributed by atoms with Gasteiger partial charge >= 0.3 is 0 Å². The zero-order valence-corrected chi connectivity index (χ0v) is 14.1. The van der Waals surface area contributed by atoms with Crippen LogP contribution >= 0.6 is 11.6 Å². The first-order valence-corrected chi connectivity index (χ1v) is 7.42. The van der Waals surface area contributed by atoms with Crippen LogP contribution in [0.2, 0.25) is 5.02 Å². The number of methoxy groups -OCH3 is 2. The highest BCUT2D eigenvalue weighted by atomic mass is 35.5. The predicted molar refractivity (Wildman–Crippen MR) is 96.6 cm³/mol. The summed E-state index contributed by atoms with van der Waals surface area (Å²) in [5.41, 5.74) is 2.04. The highest BCUT2D eigenvalue weighted by molar-refractivity contribution is 6.32. The van der Waals surface area contributed by atoms with Crippen molar-refractivity contribution in [1.29, 1.82) is 0 Å². The second-order valence-electron chi connectivity index (χ2n) is 4.79. The molecule has 0 heterocycles. The van der Waals surface area contributed by atoms with Crippen LogP contribution in [0.4, 0.5) is 5.69 Å². The summed E-state index contributed by atoms with van der Waals surface area (Å²) in [5.74, 6) is 3.18. The number of benzene rings is 2. The molecule has 2 rings (SSSR count). The molecule has 0 aromatic heterocycles. The smallest absolute Gasteiger partial charge is 0.248 e. The van der Waals surface area contributed by atoms with Crippen LogP contribution in [0.3, 0.4) is 0 Å². The van der Waals surface area contributed by atoms with Crippen LogP contribution in [-0.2, 0) is 4.79 Å². The largest absolute Gasteiger partial charge is 0.493 e.